The largest absolute Gasteiger partial charge is 0.394 e. The number of rotatable bonds is 8. The molecule has 0 aliphatic carbocycles. The summed E-state index contributed by atoms with van der Waals surface area (Å²) in [6.07, 6.45) is 3.44. The van der Waals surface area contributed by atoms with Crippen molar-refractivity contribution in [3.8, 4) is 0 Å². The van der Waals surface area contributed by atoms with Gasteiger partial charge in [0.2, 0.25) is 0 Å². The van der Waals surface area contributed by atoms with E-state index in [0.29, 0.717) is 32.1 Å². The van der Waals surface area contributed by atoms with Gasteiger partial charge >= 0.3 is 0 Å². The summed E-state index contributed by atoms with van der Waals surface area (Å²) in [5.41, 5.74) is 0. The van der Waals surface area contributed by atoms with Crippen LogP contribution in [0.25, 0.3) is 0 Å². The molecule has 0 aromatic rings. The van der Waals surface area contributed by atoms with Gasteiger partial charge in [-0.2, -0.15) is 0 Å². The Morgan fingerprint density at radius 2 is 1.80 bits per heavy atom. The van der Waals surface area contributed by atoms with Crippen molar-refractivity contribution in [1.29, 1.82) is 5.41 Å². The number of hydrogen-bond acceptors (Lipinski definition) is 4. The predicted octanol–water partition coefficient (Wildman–Crippen LogP) is 0.292. The Morgan fingerprint density at radius 1 is 1.27 bits per heavy atom. The van der Waals surface area contributed by atoms with E-state index in [4.69, 9.17) is 14.9 Å². The van der Waals surface area contributed by atoms with Crippen LogP contribution in [0.2, 0.25) is 0 Å². The molecule has 0 aromatic carbocycles. The second kappa shape index (κ2) is 9.48. The van der Waals surface area contributed by atoms with Gasteiger partial charge in [0, 0.05) is 34.4 Å². The molecular weight excluding hydrogens is 194 g/mol. The number of nitrogens with zero attached hydrogens (tertiary/aromatic N) is 1. The zero-order valence-corrected chi connectivity index (χ0v) is 9.75. The van der Waals surface area contributed by atoms with Crippen molar-refractivity contribution in [3.63, 3.8) is 0 Å². The van der Waals surface area contributed by atoms with Gasteiger partial charge in [0.25, 0.3) is 0 Å². The van der Waals surface area contributed by atoms with Gasteiger partial charge in [-0.1, -0.05) is 0 Å². The molecule has 2 N–H and O–H groups in total. The Kier molecular flexibility index (Phi) is 8.81. The van der Waals surface area contributed by atoms with E-state index < -0.39 is 0 Å². The standard InChI is InChI=1S/C10H21N3O2/c1-12-5-4-10(11)13(6-8-14-2)7-9-15-3/h4-5,11-12H,6-9H2,1-3H3/b5-4-,11-10?. The highest BCUT2D eigenvalue weighted by molar-refractivity contribution is 5.90. The first-order chi connectivity index (χ1) is 7.26. The third-order valence-corrected chi connectivity index (χ3v) is 1.88. The SMILES string of the molecule is CN/C=C\C(=N)N(CCOC)CCOC. The molecule has 88 valence electrons. The lowest BCUT2D eigenvalue weighted by molar-refractivity contribution is 0.146. The highest BCUT2D eigenvalue weighted by Gasteiger charge is 2.05. The summed E-state index contributed by atoms with van der Waals surface area (Å²) in [6, 6.07) is 0. The third-order valence-electron chi connectivity index (χ3n) is 1.88. The van der Waals surface area contributed by atoms with Gasteiger partial charge < -0.3 is 19.7 Å². The Balaban J connectivity index is 4.07. The van der Waals surface area contributed by atoms with Crippen molar-refractivity contribution < 1.29 is 9.47 Å². The van der Waals surface area contributed by atoms with E-state index in [2.05, 4.69) is 5.32 Å². The van der Waals surface area contributed by atoms with Crippen LogP contribution in [0, 0.1) is 5.41 Å². The molecule has 5 heteroatoms. The van der Waals surface area contributed by atoms with Gasteiger partial charge in [0.05, 0.1) is 13.2 Å². The Hall–Kier alpha value is -1.07. The Bertz CT molecular complexity index is 187. The molecule has 0 aliphatic rings. The van der Waals surface area contributed by atoms with Crippen LogP contribution in [0.4, 0.5) is 0 Å². The zero-order valence-electron chi connectivity index (χ0n) is 9.75. The van der Waals surface area contributed by atoms with Crippen molar-refractivity contribution in [1.82, 2.24) is 10.2 Å². The van der Waals surface area contributed by atoms with E-state index in [0.717, 1.165) is 0 Å². The summed E-state index contributed by atoms with van der Waals surface area (Å²) in [5.74, 6) is 0.457. The van der Waals surface area contributed by atoms with Gasteiger partial charge in [-0.15, -0.1) is 0 Å². The van der Waals surface area contributed by atoms with Gasteiger partial charge in [0.1, 0.15) is 5.84 Å². The molecule has 0 aliphatic heterocycles. The molecule has 5 nitrogen and oxygen atoms in total. The summed E-state index contributed by atoms with van der Waals surface area (Å²) in [5, 5.41) is 10.6. The van der Waals surface area contributed by atoms with Gasteiger partial charge in [-0.05, 0) is 12.3 Å². The summed E-state index contributed by atoms with van der Waals surface area (Å²) in [6.45, 7) is 2.62. The van der Waals surface area contributed by atoms with Crippen LogP contribution in [-0.4, -0.2) is 58.3 Å². The van der Waals surface area contributed by atoms with Gasteiger partial charge in [0.15, 0.2) is 0 Å². The number of amidine groups is 1. The topological polar surface area (TPSA) is 57.6 Å². The molecule has 0 heterocycles. The lowest BCUT2D eigenvalue weighted by atomic mass is 10.4. The summed E-state index contributed by atoms with van der Waals surface area (Å²) < 4.78 is 9.98. The lowest BCUT2D eigenvalue weighted by Gasteiger charge is -2.22. The quantitative estimate of drug-likeness (QED) is 0.451. The van der Waals surface area contributed by atoms with Crippen molar-refractivity contribution in [3.05, 3.63) is 12.3 Å². The molecule has 0 fully saturated rings. The minimum Gasteiger partial charge on any atom is -0.394 e. The first-order valence-corrected chi connectivity index (χ1v) is 4.91. The fourth-order valence-corrected chi connectivity index (χ4v) is 1.02. The van der Waals surface area contributed by atoms with E-state index in [-0.39, 0.29) is 0 Å². The zero-order chi connectivity index (χ0) is 11.5. The Morgan fingerprint density at radius 3 is 2.20 bits per heavy atom. The molecular formula is C10H21N3O2. The Labute approximate surface area is 91.6 Å². The summed E-state index contributed by atoms with van der Waals surface area (Å²) in [4.78, 5) is 1.90. The van der Waals surface area contributed by atoms with Crippen molar-refractivity contribution in [2.24, 2.45) is 0 Å². The lowest BCUT2D eigenvalue weighted by Crippen LogP contribution is -2.35. The monoisotopic (exact) mass is 215 g/mol. The number of hydrogen-bond donors (Lipinski definition) is 2. The first-order valence-electron chi connectivity index (χ1n) is 4.91. The molecule has 0 spiro atoms. The highest BCUT2D eigenvalue weighted by atomic mass is 16.5. The maximum Gasteiger partial charge on any atom is 0.122 e. The minimum atomic E-state index is 0.457. The number of nitrogens with one attached hydrogen (secondary N) is 2. The average Bonchev–Trinajstić information content (AvgIpc) is 2.26. The van der Waals surface area contributed by atoms with E-state index in [1.165, 1.54) is 0 Å². The molecule has 0 aromatic heterocycles. The third kappa shape index (κ3) is 6.93. The van der Waals surface area contributed by atoms with Crippen LogP contribution in [0.15, 0.2) is 12.3 Å². The molecule has 15 heavy (non-hydrogen) atoms. The van der Waals surface area contributed by atoms with Crippen LogP contribution in [0.3, 0.4) is 0 Å². The molecule has 0 bridgehead atoms. The van der Waals surface area contributed by atoms with Crippen LogP contribution in [0.5, 0.6) is 0 Å². The van der Waals surface area contributed by atoms with E-state index in [1.54, 1.807) is 33.5 Å². The molecule has 0 amide bonds. The van der Waals surface area contributed by atoms with Crippen LogP contribution < -0.4 is 5.32 Å². The fourth-order valence-electron chi connectivity index (χ4n) is 1.02. The smallest absolute Gasteiger partial charge is 0.122 e. The van der Waals surface area contributed by atoms with E-state index in [1.807, 2.05) is 4.90 Å². The number of methoxy groups -OCH3 is 2. The first kappa shape index (κ1) is 13.9. The molecule has 0 radical (unpaired) electrons. The summed E-state index contributed by atoms with van der Waals surface area (Å²) >= 11 is 0. The predicted molar refractivity (Wildman–Crippen MR) is 61.3 cm³/mol. The second-order valence-corrected chi connectivity index (χ2v) is 2.98. The average molecular weight is 215 g/mol. The normalized spacial score (nSPS) is 10.6. The van der Waals surface area contributed by atoms with E-state index >= 15 is 0 Å². The molecule has 0 unspecified atom stereocenters. The summed E-state index contributed by atoms with van der Waals surface area (Å²) in [7, 11) is 5.11. The van der Waals surface area contributed by atoms with Gasteiger partial charge in [-0.25, -0.2) is 0 Å². The van der Waals surface area contributed by atoms with Gasteiger partial charge in [-0.3, -0.25) is 5.41 Å². The molecule has 0 saturated heterocycles. The maximum atomic E-state index is 7.79. The van der Waals surface area contributed by atoms with Crippen LogP contribution in [-0.2, 0) is 9.47 Å². The van der Waals surface area contributed by atoms with Crippen molar-refractivity contribution >= 4 is 5.84 Å². The minimum absolute atomic E-state index is 0.457. The van der Waals surface area contributed by atoms with Crippen molar-refractivity contribution in [2.75, 3.05) is 47.6 Å². The molecule has 0 saturated carbocycles. The van der Waals surface area contributed by atoms with Crippen LogP contribution in [0.1, 0.15) is 0 Å². The highest BCUT2D eigenvalue weighted by Crippen LogP contribution is 1.92. The number of ether oxygens (including phenoxy) is 2. The molecule has 0 atom stereocenters. The van der Waals surface area contributed by atoms with Crippen molar-refractivity contribution in [2.45, 2.75) is 0 Å². The maximum absolute atomic E-state index is 7.79. The van der Waals surface area contributed by atoms with E-state index in [9.17, 15) is 0 Å². The fraction of sp³-hybridized carbons (Fsp3) is 0.700. The second-order valence-electron chi connectivity index (χ2n) is 2.98. The van der Waals surface area contributed by atoms with Crippen LogP contribution >= 0.6 is 0 Å². The molecule has 0 rings (SSSR count).